The third-order valence-corrected chi connectivity index (χ3v) is 4.26. The fourth-order valence-electron chi connectivity index (χ4n) is 1.70. The highest BCUT2D eigenvalue weighted by Crippen LogP contribution is 2.10. The van der Waals surface area contributed by atoms with Gasteiger partial charge >= 0.3 is 0 Å². The van der Waals surface area contributed by atoms with Crippen molar-refractivity contribution in [3.63, 3.8) is 0 Å². The lowest BCUT2D eigenvalue weighted by Gasteiger charge is -2.15. The molecule has 2 aromatic rings. The van der Waals surface area contributed by atoms with Crippen LogP contribution >= 0.6 is 0 Å². The lowest BCUT2D eigenvalue weighted by molar-refractivity contribution is 0.287. The molecule has 1 atom stereocenters. The molecule has 0 amide bonds. The minimum Gasteiger partial charge on any atom is -0.492 e. The van der Waals surface area contributed by atoms with E-state index in [-0.39, 0.29) is 17.5 Å². The van der Waals surface area contributed by atoms with E-state index in [1.807, 2.05) is 30.3 Å². The predicted octanol–water partition coefficient (Wildman–Crippen LogP) is 2.43. The summed E-state index contributed by atoms with van der Waals surface area (Å²) in [4.78, 5) is 0.256. The molecule has 0 aliphatic rings. The van der Waals surface area contributed by atoms with Gasteiger partial charge < -0.3 is 4.74 Å². The topological polar surface area (TPSA) is 55.4 Å². The van der Waals surface area contributed by atoms with E-state index in [9.17, 15) is 8.42 Å². The molecule has 5 heteroatoms. The highest BCUT2D eigenvalue weighted by Gasteiger charge is 2.17. The first-order valence-corrected chi connectivity index (χ1v) is 7.81. The molecule has 1 N–H and O–H groups in total. The van der Waals surface area contributed by atoms with E-state index >= 15 is 0 Å². The molecule has 106 valence electrons. The van der Waals surface area contributed by atoms with Gasteiger partial charge in [-0.3, -0.25) is 0 Å². The van der Waals surface area contributed by atoms with E-state index in [0.29, 0.717) is 0 Å². The molecule has 0 saturated heterocycles. The van der Waals surface area contributed by atoms with Crippen molar-refractivity contribution in [1.82, 2.24) is 4.72 Å². The van der Waals surface area contributed by atoms with E-state index in [0.717, 1.165) is 5.75 Å². The number of nitrogens with one attached hydrogen (secondary N) is 1. The summed E-state index contributed by atoms with van der Waals surface area (Å²) in [5, 5.41) is 0. The van der Waals surface area contributed by atoms with Crippen LogP contribution in [-0.2, 0) is 10.0 Å². The minimum absolute atomic E-state index is 0.256. The van der Waals surface area contributed by atoms with Gasteiger partial charge in [0.15, 0.2) is 0 Å². The van der Waals surface area contributed by atoms with Gasteiger partial charge in [0, 0.05) is 0 Å². The Labute approximate surface area is 119 Å². The Hall–Kier alpha value is -1.85. The normalized spacial score (nSPS) is 12.8. The van der Waals surface area contributed by atoms with E-state index < -0.39 is 10.0 Å². The molecular formula is C15H17NO3S. The highest BCUT2D eigenvalue weighted by molar-refractivity contribution is 7.89. The Balaban J connectivity index is 1.93. The molecule has 0 aliphatic heterocycles. The Morgan fingerprint density at radius 2 is 1.55 bits per heavy atom. The van der Waals surface area contributed by atoms with Crippen molar-refractivity contribution in [2.45, 2.75) is 17.9 Å². The number of ether oxygens (including phenoxy) is 1. The van der Waals surface area contributed by atoms with Crippen LogP contribution in [0.25, 0.3) is 0 Å². The van der Waals surface area contributed by atoms with Crippen LogP contribution in [0.1, 0.15) is 6.92 Å². The molecule has 0 fully saturated rings. The summed E-state index contributed by atoms with van der Waals surface area (Å²) < 4.78 is 32.3. The Morgan fingerprint density at radius 1 is 1.00 bits per heavy atom. The summed E-state index contributed by atoms with van der Waals surface area (Å²) in [6.45, 7) is 2.04. The van der Waals surface area contributed by atoms with Crippen LogP contribution in [-0.4, -0.2) is 21.1 Å². The number of para-hydroxylation sites is 1. The van der Waals surface area contributed by atoms with E-state index in [2.05, 4.69) is 4.72 Å². The summed E-state index contributed by atoms with van der Waals surface area (Å²) in [6.07, 6.45) is 0. The quantitative estimate of drug-likeness (QED) is 0.889. The van der Waals surface area contributed by atoms with Crippen LogP contribution in [0, 0.1) is 0 Å². The van der Waals surface area contributed by atoms with Crippen LogP contribution in [0.2, 0.25) is 0 Å². The average Bonchev–Trinajstić information content (AvgIpc) is 2.47. The van der Waals surface area contributed by atoms with Gasteiger partial charge in [0.05, 0.1) is 10.9 Å². The zero-order chi connectivity index (χ0) is 14.4. The summed E-state index contributed by atoms with van der Waals surface area (Å²) >= 11 is 0. The fraction of sp³-hybridized carbons (Fsp3) is 0.200. The zero-order valence-corrected chi connectivity index (χ0v) is 12.0. The number of sulfonamides is 1. The highest BCUT2D eigenvalue weighted by atomic mass is 32.2. The first-order chi connectivity index (χ1) is 9.58. The average molecular weight is 291 g/mol. The van der Waals surface area contributed by atoms with E-state index in [1.165, 1.54) is 0 Å². The van der Waals surface area contributed by atoms with Crippen LogP contribution < -0.4 is 9.46 Å². The fourth-order valence-corrected chi connectivity index (χ4v) is 2.95. The monoisotopic (exact) mass is 291 g/mol. The third kappa shape index (κ3) is 4.08. The van der Waals surface area contributed by atoms with Crippen LogP contribution in [0.5, 0.6) is 5.75 Å². The minimum atomic E-state index is -3.49. The van der Waals surface area contributed by atoms with Crippen molar-refractivity contribution in [2.24, 2.45) is 0 Å². The van der Waals surface area contributed by atoms with Gasteiger partial charge in [-0.05, 0) is 31.2 Å². The van der Waals surface area contributed by atoms with Crippen molar-refractivity contribution in [2.75, 3.05) is 6.61 Å². The molecule has 0 unspecified atom stereocenters. The Bertz CT molecular complexity index is 627. The van der Waals surface area contributed by atoms with Gasteiger partial charge in [0.25, 0.3) is 0 Å². The molecule has 0 bridgehead atoms. The van der Waals surface area contributed by atoms with Gasteiger partial charge in [-0.2, -0.15) is 0 Å². The van der Waals surface area contributed by atoms with Crippen molar-refractivity contribution in [1.29, 1.82) is 0 Å². The van der Waals surface area contributed by atoms with Gasteiger partial charge in [0.1, 0.15) is 12.4 Å². The second-order valence-corrected chi connectivity index (χ2v) is 6.17. The first kappa shape index (κ1) is 14.6. The molecule has 2 aromatic carbocycles. The third-order valence-electron chi connectivity index (χ3n) is 2.65. The molecule has 0 spiro atoms. The smallest absolute Gasteiger partial charge is 0.240 e. The maximum Gasteiger partial charge on any atom is 0.240 e. The van der Waals surface area contributed by atoms with Crippen LogP contribution in [0.3, 0.4) is 0 Å². The summed E-state index contributed by atoms with van der Waals surface area (Å²) in [5.74, 6) is 0.721. The maximum absolute atomic E-state index is 12.1. The number of hydrogen-bond acceptors (Lipinski definition) is 3. The Morgan fingerprint density at radius 3 is 2.15 bits per heavy atom. The molecule has 4 nitrogen and oxygen atoms in total. The standard InChI is InChI=1S/C15H17NO3S/c1-13(12-19-14-8-4-2-5-9-14)16-20(17,18)15-10-6-3-7-11-15/h2-11,13,16H,12H2,1H3/t13-/m0/s1. The molecule has 20 heavy (non-hydrogen) atoms. The molecule has 0 heterocycles. The van der Waals surface area contributed by atoms with E-state index in [1.54, 1.807) is 37.3 Å². The largest absolute Gasteiger partial charge is 0.492 e. The second-order valence-electron chi connectivity index (χ2n) is 4.46. The van der Waals surface area contributed by atoms with E-state index in [4.69, 9.17) is 4.74 Å². The summed E-state index contributed by atoms with van der Waals surface area (Å²) in [6, 6.07) is 17.3. The first-order valence-electron chi connectivity index (χ1n) is 6.33. The molecule has 0 saturated carbocycles. The summed E-state index contributed by atoms with van der Waals surface area (Å²) in [7, 11) is -3.49. The lowest BCUT2D eigenvalue weighted by Crippen LogP contribution is -2.36. The van der Waals surface area contributed by atoms with Crippen molar-refractivity contribution >= 4 is 10.0 Å². The number of hydrogen-bond donors (Lipinski definition) is 1. The van der Waals surface area contributed by atoms with Crippen molar-refractivity contribution in [3.8, 4) is 5.75 Å². The van der Waals surface area contributed by atoms with Gasteiger partial charge in [-0.15, -0.1) is 0 Å². The van der Waals surface area contributed by atoms with Gasteiger partial charge in [-0.1, -0.05) is 36.4 Å². The number of benzene rings is 2. The molecule has 0 radical (unpaired) electrons. The molecule has 2 rings (SSSR count). The predicted molar refractivity (Wildman–Crippen MR) is 78.2 cm³/mol. The van der Waals surface area contributed by atoms with Crippen molar-refractivity contribution < 1.29 is 13.2 Å². The zero-order valence-electron chi connectivity index (χ0n) is 11.2. The Kier molecular flexibility index (Phi) is 4.76. The maximum atomic E-state index is 12.1. The molecular weight excluding hydrogens is 274 g/mol. The second kappa shape index (κ2) is 6.54. The van der Waals surface area contributed by atoms with Crippen LogP contribution in [0.4, 0.5) is 0 Å². The SMILES string of the molecule is C[C@@H](COc1ccccc1)NS(=O)(=O)c1ccccc1. The molecule has 0 aliphatic carbocycles. The van der Waals surface area contributed by atoms with Gasteiger partial charge in [-0.25, -0.2) is 13.1 Å². The number of rotatable bonds is 6. The van der Waals surface area contributed by atoms with Crippen molar-refractivity contribution in [3.05, 3.63) is 60.7 Å². The van der Waals surface area contributed by atoms with Crippen LogP contribution in [0.15, 0.2) is 65.6 Å². The van der Waals surface area contributed by atoms with Gasteiger partial charge in [0.2, 0.25) is 10.0 Å². The lowest BCUT2D eigenvalue weighted by atomic mass is 10.3. The summed E-state index contributed by atoms with van der Waals surface area (Å²) in [5.41, 5.74) is 0. The molecule has 0 aromatic heterocycles.